The van der Waals surface area contributed by atoms with Crippen LogP contribution in [0.2, 0.25) is 0 Å². The maximum Gasteiger partial charge on any atom is 0.280 e. The van der Waals surface area contributed by atoms with Gasteiger partial charge in [-0.15, -0.1) is 4.99 Å². The lowest BCUT2D eigenvalue weighted by atomic mass is 10.3. The lowest BCUT2D eigenvalue weighted by Crippen LogP contribution is -2.28. The lowest BCUT2D eigenvalue weighted by molar-refractivity contribution is -0.321. The summed E-state index contributed by atoms with van der Waals surface area (Å²) < 4.78 is 0.748. The summed E-state index contributed by atoms with van der Waals surface area (Å²) in [5, 5.41) is 14.2. The van der Waals surface area contributed by atoms with Gasteiger partial charge in [0.2, 0.25) is 0 Å². The molecule has 0 bridgehead atoms. The van der Waals surface area contributed by atoms with E-state index in [9.17, 15) is 5.21 Å². The minimum absolute atomic E-state index is 0.456. The quantitative estimate of drug-likeness (QED) is 0.532. The van der Waals surface area contributed by atoms with Crippen molar-refractivity contribution in [2.24, 2.45) is 4.99 Å². The van der Waals surface area contributed by atoms with Crippen molar-refractivity contribution in [2.75, 3.05) is 0 Å². The Morgan fingerprint density at radius 2 is 2.20 bits per heavy atom. The highest BCUT2D eigenvalue weighted by atomic mass is 32.2. The third kappa shape index (κ3) is 1.32. The molecule has 0 radical (unpaired) electrons. The highest BCUT2D eigenvalue weighted by Gasteiger charge is 2.25. The molecule has 1 aromatic rings. The van der Waals surface area contributed by atoms with E-state index in [0.717, 1.165) is 20.2 Å². The van der Waals surface area contributed by atoms with Crippen molar-refractivity contribution in [3.8, 4) is 0 Å². The second kappa shape index (κ2) is 3.13. The van der Waals surface area contributed by atoms with Gasteiger partial charge in [0.05, 0.1) is 11.1 Å². The topological polar surface area (TPSA) is 50.5 Å². The van der Waals surface area contributed by atoms with E-state index >= 15 is 0 Å². The zero-order valence-corrected chi connectivity index (χ0v) is 8.49. The van der Waals surface area contributed by atoms with Crippen LogP contribution >= 0.6 is 11.8 Å². The largest absolute Gasteiger partial charge is 0.740 e. The van der Waals surface area contributed by atoms with Gasteiger partial charge in [-0.3, -0.25) is 5.32 Å². The molecule has 0 fully saturated rings. The normalized spacial score (nSPS) is 17.7. The van der Waals surface area contributed by atoms with Crippen molar-refractivity contribution in [2.45, 2.75) is 4.90 Å². The van der Waals surface area contributed by atoms with Crippen LogP contribution in [0.15, 0.2) is 45.3 Å². The van der Waals surface area contributed by atoms with Gasteiger partial charge in [-0.1, -0.05) is 23.9 Å². The van der Waals surface area contributed by atoms with Crippen LogP contribution in [0.5, 0.6) is 0 Å². The van der Waals surface area contributed by atoms with Crippen molar-refractivity contribution < 1.29 is 4.74 Å². The molecular formula is C10H7N3OS. The van der Waals surface area contributed by atoms with Gasteiger partial charge in [0.15, 0.2) is 12.0 Å². The van der Waals surface area contributed by atoms with Gasteiger partial charge < -0.3 is 5.21 Å². The number of hydrogen-bond acceptors (Lipinski definition) is 4. The van der Waals surface area contributed by atoms with Crippen LogP contribution in [0, 0.1) is 5.21 Å². The van der Waals surface area contributed by atoms with Gasteiger partial charge in [-0.05, 0) is 12.1 Å². The van der Waals surface area contributed by atoms with Crippen LogP contribution in [0.25, 0.3) is 0 Å². The number of para-hydroxylation sites is 1. The molecule has 3 rings (SSSR count). The van der Waals surface area contributed by atoms with Gasteiger partial charge in [-0.25, -0.2) is 4.74 Å². The molecule has 74 valence electrons. The molecule has 1 aromatic carbocycles. The van der Waals surface area contributed by atoms with Gasteiger partial charge in [0, 0.05) is 0 Å². The highest BCUT2D eigenvalue weighted by molar-refractivity contribution is 8.04. The SMILES string of the molecule is [O-][N+]1=CNC=C2Sc3ccccc3N=C21. The smallest absolute Gasteiger partial charge is 0.280 e. The van der Waals surface area contributed by atoms with Crippen molar-refractivity contribution in [1.82, 2.24) is 5.32 Å². The minimum atomic E-state index is 0.456. The lowest BCUT2D eigenvalue weighted by Gasteiger charge is -2.20. The fourth-order valence-corrected chi connectivity index (χ4v) is 2.42. The summed E-state index contributed by atoms with van der Waals surface area (Å²) in [6, 6.07) is 7.78. The summed E-state index contributed by atoms with van der Waals surface area (Å²) in [5.41, 5.74) is 0.853. The Hall–Kier alpha value is -1.75. The molecule has 0 aliphatic carbocycles. The number of benzene rings is 1. The standard InChI is InChI=1S/C10H7N3OS/c14-13-6-11-5-9-10(13)12-7-3-1-2-4-8(7)15-9/h1-6,11H. The molecular weight excluding hydrogens is 210 g/mol. The molecule has 0 saturated heterocycles. The molecule has 5 heteroatoms. The predicted octanol–water partition coefficient (Wildman–Crippen LogP) is 1.81. The summed E-state index contributed by atoms with van der Waals surface area (Å²) in [5.74, 6) is 0.456. The van der Waals surface area contributed by atoms with Crippen LogP contribution in [-0.4, -0.2) is 16.9 Å². The van der Waals surface area contributed by atoms with Crippen LogP contribution in [-0.2, 0) is 0 Å². The summed E-state index contributed by atoms with van der Waals surface area (Å²) in [7, 11) is 0. The molecule has 2 aliphatic heterocycles. The third-order valence-electron chi connectivity index (χ3n) is 2.15. The Bertz CT molecular complexity index is 519. The van der Waals surface area contributed by atoms with Crippen LogP contribution < -0.4 is 5.32 Å². The fourth-order valence-electron chi connectivity index (χ4n) is 1.46. The number of nitrogens with one attached hydrogen (secondary N) is 1. The van der Waals surface area contributed by atoms with Crippen molar-refractivity contribution in [3.63, 3.8) is 0 Å². The zero-order valence-electron chi connectivity index (χ0n) is 7.68. The van der Waals surface area contributed by atoms with Crippen LogP contribution in [0.1, 0.15) is 0 Å². The van der Waals surface area contributed by atoms with Crippen molar-refractivity contribution in [1.29, 1.82) is 0 Å². The summed E-state index contributed by atoms with van der Waals surface area (Å²) in [6.07, 6.45) is 3.13. The van der Waals surface area contributed by atoms with E-state index in [1.807, 2.05) is 24.3 Å². The third-order valence-corrected chi connectivity index (χ3v) is 3.23. The minimum Gasteiger partial charge on any atom is -0.740 e. The maximum atomic E-state index is 11.5. The number of hydrogen-bond donors (Lipinski definition) is 1. The van der Waals surface area contributed by atoms with E-state index in [1.54, 1.807) is 18.0 Å². The monoisotopic (exact) mass is 217 g/mol. The Morgan fingerprint density at radius 3 is 3.13 bits per heavy atom. The number of rotatable bonds is 0. The molecule has 0 spiro atoms. The first kappa shape index (κ1) is 8.55. The molecule has 15 heavy (non-hydrogen) atoms. The zero-order chi connectivity index (χ0) is 10.3. The number of aliphatic imine (C=N–C) groups is 1. The Kier molecular flexibility index (Phi) is 1.78. The van der Waals surface area contributed by atoms with Gasteiger partial charge in [0.1, 0.15) is 4.91 Å². The number of fused-ring (bicyclic) bond motifs is 2. The molecule has 0 amide bonds. The van der Waals surface area contributed by atoms with E-state index < -0.39 is 0 Å². The molecule has 0 aromatic heterocycles. The number of thioether (sulfide) groups is 1. The molecule has 1 N–H and O–H groups in total. The van der Waals surface area contributed by atoms with E-state index in [-0.39, 0.29) is 0 Å². The molecule has 0 saturated carbocycles. The Balaban J connectivity index is 2.18. The summed E-state index contributed by atoms with van der Waals surface area (Å²) >= 11 is 1.55. The Morgan fingerprint density at radius 1 is 1.33 bits per heavy atom. The molecule has 0 atom stereocenters. The van der Waals surface area contributed by atoms with Crippen molar-refractivity contribution in [3.05, 3.63) is 40.6 Å². The average molecular weight is 217 g/mol. The fraction of sp³-hybridized carbons (Fsp3) is 0. The van der Waals surface area contributed by atoms with Gasteiger partial charge >= 0.3 is 0 Å². The number of amidine groups is 1. The second-order valence-electron chi connectivity index (χ2n) is 3.14. The van der Waals surface area contributed by atoms with E-state index in [4.69, 9.17) is 0 Å². The summed E-state index contributed by atoms with van der Waals surface area (Å²) in [4.78, 5) is 6.24. The molecule has 2 heterocycles. The van der Waals surface area contributed by atoms with Gasteiger partial charge in [0.25, 0.3) is 5.84 Å². The maximum absolute atomic E-state index is 11.5. The second-order valence-corrected chi connectivity index (χ2v) is 4.22. The average Bonchev–Trinajstić information content (AvgIpc) is 2.27. The first-order valence-corrected chi connectivity index (χ1v) is 5.28. The number of hydroxylamine groups is 1. The molecule has 2 aliphatic rings. The highest BCUT2D eigenvalue weighted by Crippen LogP contribution is 2.39. The van der Waals surface area contributed by atoms with E-state index in [1.165, 1.54) is 6.34 Å². The van der Waals surface area contributed by atoms with E-state index in [0.29, 0.717) is 5.84 Å². The van der Waals surface area contributed by atoms with E-state index in [2.05, 4.69) is 10.3 Å². The molecule has 4 nitrogen and oxygen atoms in total. The predicted molar refractivity (Wildman–Crippen MR) is 60.3 cm³/mol. The first-order valence-electron chi connectivity index (χ1n) is 4.46. The van der Waals surface area contributed by atoms with Gasteiger partial charge in [-0.2, -0.15) is 0 Å². The number of nitrogens with zero attached hydrogens (tertiary/aromatic N) is 2. The molecule has 0 unspecified atom stereocenters. The first-order chi connectivity index (χ1) is 7.34. The van der Waals surface area contributed by atoms with Crippen molar-refractivity contribution >= 4 is 29.6 Å². The van der Waals surface area contributed by atoms with Crippen LogP contribution in [0.3, 0.4) is 0 Å². The van der Waals surface area contributed by atoms with Crippen LogP contribution in [0.4, 0.5) is 5.69 Å². The Labute approximate surface area is 90.6 Å². The summed E-state index contributed by atoms with van der Waals surface area (Å²) in [6.45, 7) is 0.